The maximum Gasteiger partial charge on any atom is 0.271 e. The van der Waals surface area contributed by atoms with E-state index in [-0.39, 0.29) is 11.1 Å². The van der Waals surface area contributed by atoms with Crippen LogP contribution < -0.4 is 10.5 Å². The number of hydrogen-bond acceptors (Lipinski definition) is 5. The van der Waals surface area contributed by atoms with E-state index < -0.39 is 10.0 Å². The molecular weight excluding hydrogens is 266 g/mol. The van der Waals surface area contributed by atoms with Gasteiger partial charge in [0.25, 0.3) is 10.0 Å². The summed E-state index contributed by atoms with van der Waals surface area (Å²) in [6.45, 7) is 2.39. The molecule has 1 atom stereocenters. The fourth-order valence-corrected chi connectivity index (χ4v) is 2.09. The Morgan fingerprint density at radius 1 is 1.42 bits per heavy atom. The van der Waals surface area contributed by atoms with E-state index >= 15 is 0 Å². The Morgan fingerprint density at radius 3 is 2.79 bits per heavy atom. The molecule has 0 aliphatic carbocycles. The third kappa shape index (κ3) is 3.63. The van der Waals surface area contributed by atoms with Crippen LogP contribution >= 0.6 is 0 Å². The minimum absolute atomic E-state index is 0.0803. The molecule has 0 saturated heterocycles. The smallest absolute Gasteiger partial charge is 0.271 e. The molecule has 0 aromatic carbocycles. The number of rotatable bonds is 5. The van der Waals surface area contributed by atoms with E-state index in [2.05, 4.69) is 10.3 Å². The summed E-state index contributed by atoms with van der Waals surface area (Å²) in [6, 6.07) is 6.84. The number of aromatic nitrogens is 1. The van der Waals surface area contributed by atoms with Gasteiger partial charge in [0, 0.05) is 18.4 Å². The van der Waals surface area contributed by atoms with Crippen LogP contribution in [0.3, 0.4) is 0 Å². The average Bonchev–Trinajstić information content (AvgIpc) is 2.86. The maximum absolute atomic E-state index is 11.1. The lowest BCUT2D eigenvalue weighted by molar-refractivity contribution is 0.393. The molecule has 0 aliphatic heterocycles. The van der Waals surface area contributed by atoms with Gasteiger partial charge in [-0.2, -0.15) is 0 Å². The molecule has 102 valence electrons. The summed E-state index contributed by atoms with van der Waals surface area (Å²) in [7, 11) is -3.78. The van der Waals surface area contributed by atoms with Gasteiger partial charge in [0.05, 0.1) is 6.54 Å². The van der Waals surface area contributed by atoms with E-state index in [1.807, 2.05) is 19.1 Å². The number of furan rings is 1. The molecule has 0 radical (unpaired) electrons. The van der Waals surface area contributed by atoms with Gasteiger partial charge in [-0.15, -0.1) is 0 Å². The van der Waals surface area contributed by atoms with E-state index in [0.29, 0.717) is 12.3 Å². The molecule has 3 N–H and O–H groups in total. The first-order valence-electron chi connectivity index (χ1n) is 5.71. The number of nitrogens with one attached hydrogen (secondary N) is 1. The third-order valence-electron chi connectivity index (χ3n) is 2.68. The summed E-state index contributed by atoms with van der Waals surface area (Å²) in [4.78, 5) is 4.04. The van der Waals surface area contributed by atoms with Crippen LogP contribution in [0, 0.1) is 0 Å². The second-order valence-corrected chi connectivity index (χ2v) is 5.65. The van der Waals surface area contributed by atoms with Crippen LogP contribution in [0.15, 0.2) is 46.2 Å². The van der Waals surface area contributed by atoms with E-state index in [1.54, 1.807) is 18.5 Å². The first-order chi connectivity index (χ1) is 8.97. The molecule has 0 aliphatic rings. The molecule has 1 unspecified atom stereocenters. The van der Waals surface area contributed by atoms with Crippen molar-refractivity contribution in [3.8, 4) is 0 Å². The molecule has 2 aromatic heterocycles. The molecule has 19 heavy (non-hydrogen) atoms. The number of hydrogen-bond donors (Lipinski definition) is 2. The standard InChI is InChI=1S/C12H15N3O3S/c1-9(10-3-2-6-14-7-10)15-8-11-4-5-12(18-11)19(13,16)17/h2-7,9,15H,8H2,1H3,(H2,13,16,17). The maximum atomic E-state index is 11.1. The molecule has 7 heteroatoms. The van der Waals surface area contributed by atoms with E-state index in [4.69, 9.17) is 9.56 Å². The molecular formula is C12H15N3O3S. The van der Waals surface area contributed by atoms with Gasteiger partial charge < -0.3 is 9.73 Å². The van der Waals surface area contributed by atoms with Gasteiger partial charge in [-0.3, -0.25) is 4.98 Å². The van der Waals surface area contributed by atoms with Crippen LogP contribution in [0.4, 0.5) is 0 Å². The molecule has 0 amide bonds. The largest absolute Gasteiger partial charge is 0.447 e. The summed E-state index contributed by atoms with van der Waals surface area (Å²) in [5.41, 5.74) is 1.04. The highest BCUT2D eigenvalue weighted by Crippen LogP contribution is 2.14. The fourth-order valence-electron chi connectivity index (χ4n) is 1.61. The highest BCUT2D eigenvalue weighted by atomic mass is 32.2. The Hall–Kier alpha value is -1.70. The van der Waals surface area contributed by atoms with Crippen molar-refractivity contribution in [2.45, 2.75) is 24.6 Å². The van der Waals surface area contributed by atoms with Crippen LogP contribution in [-0.4, -0.2) is 13.4 Å². The predicted molar refractivity (Wildman–Crippen MR) is 69.6 cm³/mol. The van der Waals surface area contributed by atoms with Crippen molar-refractivity contribution in [3.63, 3.8) is 0 Å². The first-order valence-corrected chi connectivity index (χ1v) is 7.26. The minimum atomic E-state index is -3.78. The van der Waals surface area contributed by atoms with Crippen molar-refractivity contribution >= 4 is 10.0 Å². The Bertz CT molecular complexity index is 637. The number of primary sulfonamides is 1. The van der Waals surface area contributed by atoms with Gasteiger partial charge in [0.15, 0.2) is 0 Å². The Kier molecular flexibility index (Phi) is 3.98. The Morgan fingerprint density at radius 2 is 2.21 bits per heavy atom. The minimum Gasteiger partial charge on any atom is -0.447 e. The van der Waals surface area contributed by atoms with E-state index in [0.717, 1.165) is 5.56 Å². The van der Waals surface area contributed by atoms with Crippen molar-refractivity contribution in [1.82, 2.24) is 10.3 Å². The molecule has 6 nitrogen and oxygen atoms in total. The molecule has 0 spiro atoms. The molecule has 2 rings (SSSR count). The normalized spacial score (nSPS) is 13.4. The van der Waals surface area contributed by atoms with Crippen molar-refractivity contribution in [2.75, 3.05) is 0 Å². The number of sulfonamides is 1. The Balaban J connectivity index is 1.98. The monoisotopic (exact) mass is 281 g/mol. The SMILES string of the molecule is CC(NCc1ccc(S(N)(=O)=O)o1)c1cccnc1. The van der Waals surface area contributed by atoms with Gasteiger partial charge in [-0.25, -0.2) is 13.6 Å². The zero-order valence-corrected chi connectivity index (χ0v) is 11.2. The van der Waals surface area contributed by atoms with Crippen LogP contribution in [0.1, 0.15) is 24.3 Å². The average molecular weight is 281 g/mol. The quantitative estimate of drug-likeness (QED) is 0.857. The topological polar surface area (TPSA) is 98.2 Å². The van der Waals surface area contributed by atoms with E-state index in [1.165, 1.54) is 6.07 Å². The summed E-state index contributed by atoms with van der Waals surface area (Å²) < 4.78 is 27.3. The van der Waals surface area contributed by atoms with Crippen molar-refractivity contribution in [3.05, 3.63) is 48.0 Å². The third-order valence-corrected chi connectivity index (χ3v) is 3.46. The van der Waals surface area contributed by atoms with Crippen molar-refractivity contribution in [1.29, 1.82) is 0 Å². The highest BCUT2D eigenvalue weighted by Gasteiger charge is 2.13. The molecule has 2 heterocycles. The Labute approximate surface area is 111 Å². The predicted octanol–water partition coefficient (Wildman–Crippen LogP) is 1.17. The lowest BCUT2D eigenvalue weighted by Crippen LogP contribution is -2.17. The van der Waals surface area contributed by atoms with Gasteiger partial charge >= 0.3 is 0 Å². The second kappa shape index (κ2) is 5.52. The highest BCUT2D eigenvalue weighted by molar-refractivity contribution is 7.89. The zero-order chi connectivity index (χ0) is 13.9. The van der Waals surface area contributed by atoms with E-state index in [9.17, 15) is 8.42 Å². The number of nitrogens with two attached hydrogens (primary N) is 1. The van der Waals surface area contributed by atoms with Crippen molar-refractivity contribution < 1.29 is 12.8 Å². The van der Waals surface area contributed by atoms with Crippen LogP contribution in [-0.2, 0) is 16.6 Å². The molecule has 2 aromatic rings. The first kappa shape index (κ1) is 13.7. The van der Waals surface area contributed by atoms with Crippen LogP contribution in [0.2, 0.25) is 0 Å². The molecule has 0 bridgehead atoms. The summed E-state index contributed by atoms with van der Waals surface area (Å²) in [6.07, 6.45) is 3.48. The fraction of sp³-hybridized carbons (Fsp3) is 0.250. The lowest BCUT2D eigenvalue weighted by Gasteiger charge is -2.12. The van der Waals surface area contributed by atoms with Crippen LogP contribution in [0.25, 0.3) is 0 Å². The van der Waals surface area contributed by atoms with Crippen molar-refractivity contribution in [2.24, 2.45) is 5.14 Å². The van der Waals surface area contributed by atoms with Crippen LogP contribution in [0.5, 0.6) is 0 Å². The van der Waals surface area contributed by atoms with Gasteiger partial charge in [-0.1, -0.05) is 6.07 Å². The summed E-state index contributed by atoms with van der Waals surface area (Å²) in [5, 5.41) is 7.95. The van der Waals surface area contributed by atoms with Gasteiger partial charge in [-0.05, 0) is 30.7 Å². The zero-order valence-electron chi connectivity index (χ0n) is 10.4. The van der Waals surface area contributed by atoms with Gasteiger partial charge in [0.2, 0.25) is 5.09 Å². The van der Waals surface area contributed by atoms with Gasteiger partial charge in [0.1, 0.15) is 5.76 Å². The second-order valence-electron chi connectivity index (χ2n) is 4.15. The summed E-state index contributed by atoms with van der Waals surface area (Å²) >= 11 is 0. The summed E-state index contributed by atoms with van der Waals surface area (Å²) in [5.74, 6) is 0.514. The molecule has 0 saturated carbocycles. The number of pyridine rings is 1. The number of nitrogens with zero attached hydrogens (tertiary/aromatic N) is 1. The molecule has 0 fully saturated rings. The lowest BCUT2D eigenvalue weighted by atomic mass is 10.1.